The molecule has 1 saturated heterocycles. The molecule has 2 N–H and O–H groups in total. The van der Waals surface area contributed by atoms with E-state index in [1.165, 1.54) is 0 Å². The lowest BCUT2D eigenvalue weighted by Crippen LogP contribution is -2.42. The normalized spacial score (nSPS) is 15.0. The van der Waals surface area contributed by atoms with Gasteiger partial charge in [-0.1, -0.05) is 18.2 Å². The van der Waals surface area contributed by atoms with Gasteiger partial charge in [0.05, 0.1) is 13.2 Å². The third kappa shape index (κ3) is 5.05. The molecule has 2 heterocycles. The van der Waals surface area contributed by atoms with Crippen LogP contribution in [0.4, 0.5) is 0 Å². The Labute approximate surface area is 158 Å². The number of hydrogen-bond acceptors (Lipinski definition) is 5. The highest BCUT2D eigenvalue weighted by molar-refractivity contribution is 7.99. The molecule has 1 aromatic heterocycles. The number of thioether (sulfide) groups is 1. The lowest BCUT2D eigenvalue weighted by Gasteiger charge is -2.27. The fourth-order valence-electron chi connectivity index (χ4n) is 2.55. The lowest BCUT2D eigenvalue weighted by molar-refractivity contribution is 0.319. The van der Waals surface area contributed by atoms with Crippen LogP contribution in [0.15, 0.2) is 47.6 Å². The zero-order valence-corrected chi connectivity index (χ0v) is 15.7. The van der Waals surface area contributed by atoms with E-state index in [1.54, 1.807) is 6.20 Å². The van der Waals surface area contributed by atoms with Crippen LogP contribution in [0.1, 0.15) is 12.5 Å². The molecule has 7 heteroatoms. The van der Waals surface area contributed by atoms with Gasteiger partial charge >= 0.3 is 0 Å². The molecule has 0 unspecified atom stereocenters. The summed E-state index contributed by atoms with van der Waals surface area (Å²) in [5.74, 6) is 4.69. The standard InChI is InChI=1S/C19H24N4O2S/c1-2-24-16-5-3-4-6-17(16)25-18-8-7-15(13-21-18)14-22-19(20)23-9-11-26-12-10-23/h3-8,13H,2,9-12,14H2,1H3,(H2,20,22). The predicted molar refractivity (Wildman–Crippen MR) is 106 cm³/mol. The molecule has 6 nitrogen and oxygen atoms in total. The number of nitrogens with zero attached hydrogens (tertiary/aromatic N) is 3. The SMILES string of the molecule is CCOc1ccccc1Oc1ccc(CN=C(N)N2CCSCC2)cn1. The molecule has 1 aliphatic heterocycles. The molecule has 0 bridgehead atoms. The Morgan fingerprint density at radius 2 is 1.96 bits per heavy atom. The molecule has 1 aromatic carbocycles. The van der Waals surface area contributed by atoms with Crippen LogP contribution in [0.25, 0.3) is 0 Å². The van der Waals surface area contributed by atoms with Crippen molar-refractivity contribution in [3.63, 3.8) is 0 Å². The first-order chi connectivity index (χ1) is 12.8. The highest BCUT2D eigenvalue weighted by Crippen LogP contribution is 2.30. The summed E-state index contributed by atoms with van der Waals surface area (Å²) in [5.41, 5.74) is 7.07. The van der Waals surface area contributed by atoms with E-state index in [-0.39, 0.29) is 0 Å². The number of aliphatic imine (C=N–C) groups is 1. The van der Waals surface area contributed by atoms with E-state index in [2.05, 4.69) is 14.9 Å². The number of nitrogens with two attached hydrogens (primary N) is 1. The highest BCUT2D eigenvalue weighted by atomic mass is 32.2. The Hall–Kier alpha value is -2.41. The number of guanidine groups is 1. The summed E-state index contributed by atoms with van der Waals surface area (Å²) >= 11 is 1.95. The van der Waals surface area contributed by atoms with Gasteiger partial charge in [0.15, 0.2) is 17.5 Å². The molecule has 0 aliphatic carbocycles. The zero-order valence-electron chi connectivity index (χ0n) is 14.9. The first-order valence-electron chi connectivity index (χ1n) is 8.73. The van der Waals surface area contributed by atoms with Crippen molar-refractivity contribution in [2.24, 2.45) is 10.7 Å². The Morgan fingerprint density at radius 3 is 2.65 bits per heavy atom. The summed E-state index contributed by atoms with van der Waals surface area (Å²) in [4.78, 5) is 11.0. The third-order valence-electron chi connectivity index (χ3n) is 3.92. The number of benzene rings is 1. The topological polar surface area (TPSA) is 73.0 Å². The number of pyridine rings is 1. The smallest absolute Gasteiger partial charge is 0.219 e. The van der Waals surface area contributed by atoms with Gasteiger partial charge in [-0.3, -0.25) is 0 Å². The average Bonchev–Trinajstić information content (AvgIpc) is 2.69. The van der Waals surface area contributed by atoms with Gasteiger partial charge in [-0.05, 0) is 24.6 Å². The van der Waals surface area contributed by atoms with Gasteiger partial charge in [-0.2, -0.15) is 11.8 Å². The molecular formula is C19H24N4O2S. The Kier molecular flexibility index (Phi) is 6.60. The van der Waals surface area contributed by atoms with Crippen LogP contribution in [0.5, 0.6) is 17.4 Å². The monoisotopic (exact) mass is 372 g/mol. The molecule has 0 saturated carbocycles. The van der Waals surface area contributed by atoms with Crippen molar-refractivity contribution in [2.45, 2.75) is 13.5 Å². The lowest BCUT2D eigenvalue weighted by atomic mass is 10.3. The van der Waals surface area contributed by atoms with Crippen LogP contribution in [-0.2, 0) is 6.54 Å². The highest BCUT2D eigenvalue weighted by Gasteiger charge is 2.12. The van der Waals surface area contributed by atoms with Crippen molar-refractivity contribution in [2.75, 3.05) is 31.2 Å². The summed E-state index contributed by atoms with van der Waals surface area (Å²) in [5, 5.41) is 0. The van der Waals surface area contributed by atoms with E-state index in [1.807, 2.05) is 55.1 Å². The van der Waals surface area contributed by atoms with Crippen LogP contribution in [0.3, 0.4) is 0 Å². The van der Waals surface area contributed by atoms with E-state index in [0.717, 1.165) is 30.2 Å². The van der Waals surface area contributed by atoms with Gasteiger partial charge in [0.25, 0.3) is 0 Å². The molecule has 3 rings (SSSR count). The Balaban J connectivity index is 1.60. The van der Waals surface area contributed by atoms with Crippen molar-refractivity contribution < 1.29 is 9.47 Å². The summed E-state index contributed by atoms with van der Waals surface area (Å²) in [6.07, 6.45) is 1.77. The molecule has 1 fully saturated rings. The first-order valence-corrected chi connectivity index (χ1v) is 9.89. The molecule has 0 amide bonds. The summed E-state index contributed by atoms with van der Waals surface area (Å²) < 4.78 is 11.4. The van der Waals surface area contributed by atoms with E-state index in [9.17, 15) is 0 Å². The maximum atomic E-state index is 6.08. The van der Waals surface area contributed by atoms with Crippen molar-refractivity contribution in [3.05, 3.63) is 48.2 Å². The Morgan fingerprint density at radius 1 is 1.19 bits per heavy atom. The Bertz CT molecular complexity index is 731. The molecule has 0 spiro atoms. The second-order valence-corrected chi connectivity index (χ2v) is 6.99. The van der Waals surface area contributed by atoms with Crippen molar-refractivity contribution in [1.29, 1.82) is 0 Å². The van der Waals surface area contributed by atoms with E-state index < -0.39 is 0 Å². The second kappa shape index (κ2) is 9.33. The molecule has 0 radical (unpaired) electrons. The fraction of sp³-hybridized carbons (Fsp3) is 0.368. The van der Waals surface area contributed by atoms with Crippen LogP contribution in [0, 0.1) is 0 Å². The van der Waals surface area contributed by atoms with E-state index in [4.69, 9.17) is 15.2 Å². The van der Waals surface area contributed by atoms with Gasteiger partial charge in [0.1, 0.15) is 0 Å². The van der Waals surface area contributed by atoms with Gasteiger partial charge in [-0.25, -0.2) is 9.98 Å². The van der Waals surface area contributed by atoms with Gasteiger partial charge in [0, 0.05) is 36.9 Å². The maximum Gasteiger partial charge on any atom is 0.219 e. The van der Waals surface area contributed by atoms with Crippen LogP contribution >= 0.6 is 11.8 Å². The minimum Gasteiger partial charge on any atom is -0.490 e. The van der Waals surface area contributed by atoms with E-state index in [0.29, 0.717) is 36.5 Å². The summed E-state index contributed by atoms with van der Waals surface area (Å²) in [6, 6.07) is 11.3. The zero-order chi connectivity index (χ0) is 18.2. The van der Waals surface area contributed by atoms with Crippen LogP contribution < -0.4 is 15.2 Å². The average molecular weight is 372 g/mol. The van der Waals surface area contributed by atoms with Crippen LogP contribution in [0.2, 0.25) is 0 Å². The maximum absolute atomic E-state index is 6.08. The largest absolute Gasteiger partial charge is 0.490 e. The molecule has 1 aliphatic rings. The number of ether oxygens (including phenoxy) is 2. The van der Waals surface area contributed by atoms with Crippen LogP contribution in [-0.4, -0.2) is 47.0 Å². The minimum absolute atomic E-state index is 0.512. The summed E-state index contributed by atoms with van der Waals surface area (Å²) in [6.45, 7) is 4.97. The number of para-hydroxylation sites is 2. The van der Waals surface area contributed by atoms with E-state index >= 15 is 0 Å². The molecule has 2 aromatic rings. The number of hydrogen-bond donors (Lipinski definition) is 1. The molecule has 138 valence electrons. The molecular weight excluding hydrogens is 348 g/mol. The van der Waals surface area contributed by atoms with Crippen molar-refractivity contribution >= 4 is 17.7 Å². The van der Waals surface area contributed by atoms with Gasteiger partial charge < -0.3 is 20.1 Å². The number of aromatic nitrogens is 1. The second-order valence-electron chi connectivity index (χ2n) is 5.76. The van der Waals surface area contributed by atoms with Gasteiger partial charge in [0.2, 0.25) is 5.88 Å². The third-order valence-corrected chi connectivity index (χ3v) is 4.86. The predicted octanol–water partition coefficient (Wildman–Crippen LogP) is 3.14. The summed E-state index contributed by atoms with van der Waals surface area (Å²) in [7, 11) is 0. The quantitative estimate of drug-likeness (QED) is 0.620. The minimum atomic E-state index is 0.512. The van der Waals surface area contributed by atoms with Gasteiger partial charge in [-0.15, -0.1) is 0 Å². The first kappa shape index (κ1) is 18.4. The number of rotatable bonds is 6. The molecule has 0 atom stereocenters. The van der Waals surface area contributed by atoms with Crippen molar-refractivity contribution in [1.82, 2.24) is 9.88 Å². The van der Waals surface area contributed by atoms with Crippen molar-refractivity contribution in [3.8, 4) is 17.4 Å². The fourth-order valence-corrected chi connectivity index (χ4v) is 3.45. The molecule has 26 heavy (non-hydrogen) atoms.